The summed E-state index contributed by atoms with van der Waals surface area (Å²) in [5, 5.41) is 58.1. The van der Waals surface area contributed by atoms with Crippen LogP contribution in [0, 0.1) is 6.92 Å². The molecule has 0 fully saturated rings. The Kier molecular flexibility index (Phi) is 17.5. The van der Waals surface area contributed by atoms with E-state index in [1.807, 2.05) is 107 Å². The predicted octanol–water partition coefficient (Wildman–Crippen LogP) is 21.9. The van der Waals surface area contributed by atoms with Gasteiger partial charge in [-0.2, -0.15) is 25.5 Å². The van der Waals surface area contributed by atoms with Crippen molar-refractivity contribution in [3.05, 3.63) is 253 Å². The summed E-state index contributed by atoms with van der Waals surface area (Å²) in [4.78, 5) is 65.9. The standard InChI is InChI=1S/C15H10N2OS.3C14H7Cl2N3OS.C14H7ClN2OS/c1-8-4-2-3-5-9(8)12-11-13(17-16-12)10-6-7-19-15(10)14(11)18;15-6-1-2-9(8(16)5-6)17-14-10-11(18-19-14)7-3-4-21-13(7)12(10)20;15-8-2-1-6(5-9(8)16)17-14-10-11(18-19-14)7-3-4-21-13(7)12(10)20;15-7-2-1-3-8(10(7)16)17-14-9-11(18-19-14)6-4-5-21-13(6)12(9)20;15-8-3-1-2-7(6-8)11-10-12(17-16-11)9-4-5-19-14(9)13(10)18/h2-7H,1H3,(H,16,17);3*1-5H,(H2,17,18,19);1-6H,(H,16,17). The molecular weight excluding hydrogens is 1520 g/mol. The molecule has 0 aliphatic heterocycles. The van der Waals surface area contributed by atoms with Gasteiger partial charge >= 0.3 is 0 Å². The molecule has 0 amide bonds. The maximum absolute atomic E-state index is 12.5. The third-order valence-electron chi connectivity index (χ3n) is 16.7. The highest BCUT2D eigenvalue weighted by Gasteiger charge is 2.39. The third kappa shape index (κ3) is 11.6. The quantitative estimate of drug-likeness (QED) is 0.0704. The Balaban J connectivity index is 0.0000000980. The molecule has 0 saturated carbocycles. The van der Waals surface area contributed by atoms with Crippen molar-refractivity contribution in [2.45, 2.75) is 6.92 Å². The number of halogens is 7. The molecule has 101 heavy (non-hydrogen) atoms. The van der Waals surface area contributed by atoms with E-state index in [0.29, 0.717) is 91.9 Å². The number of benzene rings is 5. The molecule has 8 N–H and O–H groups in total. The van der Waals surface area contributed by atoms with Crippen LogP contribution < -0.4 is 16.0 Å². The van der Waals surface area contributed by atoms with E-state index in [2.05, 4.69) is 66.9 Å². The highest BCUT2D eigenvalue weighted by Crippen LogP contribution is 2.48. The van der Waals surface area contributed by atoms with Crippen LogP contribution in [0.2, 0.25) is 35.2 Å². The number of rotatable bonds is 8. The van der Waals surface area contributed by atoms with Gasteiger partial charge < -0.3 is 16.0 Å². The van der Waals surface area contributed by atoms with E-state index >= 15 is 0 Å². The Morgan fingerprint density at radius 3 is 1.32 bits per heavy atom. The summed E-state index contributed by atoms with van der Waals surface area (Å²) in [6, 6.07) is 40.6. The predicted molar refractivity (Wildman–Crippen MR) is 407 cm³/mol. The first-order valence-electron chi connectivity index (χ1n) is 30.0. The Bertz CT molecular complexity index is 5940. The fraction of sp³-hybridized carbons (Fsp3) is 0.0141. The van der Waals surface area contributed by atoms with Crippen LogP contribution in [0.3, 0.4) is 0 Å². The van der Waals surface area contributed by atoms with E-state index in [0.717, 1.165) is 114 Å². The van der Waals surface area contributed by atoms with Crippen molar-refractivity contribution < 1.29 is 24.0 Å². The molecule has 10 heterocycles. The van der Waals surface area contributed by atoms with Crippen molar-refractivity contribution >= 4 is 201 Å². The first-order chi connectivity index (χ1) is 49.0. The normalized spacial score (nSPS) is 12.5. The second-order valence-electron chi connectivity index (χ2n) is 22.6. The minimum absolute atomic E-state index is 0.00805. The van der Waals surface area contributed by atoms with Gasteiger partial charge in [0.05, 0.1) is 117 Å². The third-order valence-corrected chi connectivity index (χ3v) is 23.6. The zero-order valence-corrected chi connectivity index (χ0v) is 60.4. The first kappa shape index (κ1) is 66.0. The summed E-state index contributed by atoms with van der Waals surface area (Å²) in [7, 11) is 0. The number of aryl methyl sites for hydroxylation is 1. The van der Waals surface area contributed by atoms with Gasteiger partial charge in [-0.3, -0.25) is 49.5 Å². The average Bonchev–Trinajstić information content (AvgIpc) is 1.65. The number of aromatic amines is 5. The molecule has 5 aliphatic rings. The van der Waals surface area contributed by atoms with Crippen molar-refractivity contribution in [1.29, 1.82) is 0 Å². The summed E-state index contributed by atoms with van der Waals surface area (Å²) >= 11 is 49.3. The summed E-state index contributed by atoms with van der Waals surface area (Å²) in [6.07, 6.45) is 0. The number of nitrogens with zero attached hydrogens (tertiary/aromatic N) is 5. The van der Waals surface area contributed by atoms with Gasteiger partial charge in [0.1, 0.15) is 11.4 Å². The monoisotopic (exact) mass is 1560 g/mol. The second-order valence-corrected chi connectivity index (χ2v) is 30.1. The van der Waals surface area contributed by atoms with Crippen LogP contribution >= 0.6 is 138 Å². The van der Waals surface area contributed by atoms with E-state index in [4.69, 9.17) is 81.2 Å². The van der Waals surface area contributed by atoms with Crippen LogP contribution in [0.15, 0.2) is 160 Å². The average molecular weight is 1560 g/mol. The van der Waals surface area contributed by atoms with Crippen molar-refractivity contribution in [2.75, 3.05) is 16.0 Å². The molecule has 0 bridgehead atoms. The van der Waals surface area contributed by atoms with Gasteiger partial charge in [0.25, 0.3) is 0 Å². The fourth-order valence-electron chi connectivity index (χ4n) is 12.1. The molecule has 0 saturated heterocycles. The Labute approximate surface area is 625 Å². The number of anilines is 6. The molecule has 18 nitrogen and oxygen atoms in total. The fourth-order valence-corrected chi connectivity index (χ4v) is 17.6. The zero-order valence-electron chi connectivity index (χ0n) is 51.1. The number of fused-ring (bicyclic) bond motifs is 15. The molecule has 0 atom stereocenters. The Morgan fingerprint density at radius 2 is 0.782 bits per heavy atom. The van der Waals surface area contributed by atoms with Gasteiger partial charge in [-0.25, -0.2) is 0 Å². The van der Waals surface area contributed by atoms with Crippen LogP contribution in [-0.4, -0.2) is 79.9 Å². The molecular formula is C71H38Cl7N13O5S5. The summed E-state index contributed by atoms with van der Waals surface area (Å²) in [5.41, 5.74) is 18.1. The number of ketones is 5. The van der Waals surface area contributed by atoms with Gasteiger partial charge in [0, 0.05) is 54.7 Å². The van der Waals surface area contributed by atoms with Gasteiger partial charge in [0.2, 0.25) is 28.9 Å². The molecule has 15 aromatic rings. The van der Waals surface area contributed by atoms with E-state index in [-0.39, 0.29) is 28.9 Å². The number of carbonyl (C=O) groups excluding carboxylic acids is 5. The molecule has 0 radical (unpaired) electrons. The van der Waals surface area contributed by atoms with Crippen LogP contribution in [0.25, 0.3) is 78.8 Å². The molecule has 5 aromatic carbocycles. The molecule has 10 aromatic heterocycles. The lowest BCUT2D eigenvalue weighted by Crippen LogP contribution is -2.00. The number of aromatic nitrogens is 10. The lowest BCUT2D eigenvalue weighted by Gasteiger charge is -2.07. The van der Waals surface area contributed by atoms with Crippen molar-refractivity contribution in [1.82, 2.24) is 51.0 Å². The van der Waals surface area contributed by atoms with E-state index in [1.54, 1.807) is 60.7 Å². The molecule has 0 unspecified atom stereocenters. The van der Waals surface area contributed by atoms with Gasteiger partial charge in [0.15, 0.2) is 17.5 Å². The summed E-state index contributed by atoms with van der Waals surface area (Å²) in [5.74, 6) is 1.52. The maximum Gasteiger partial charge on any atom is 0.209 e. The number of hydrogen-bond acceptors (Lipinski definition) is 18. The van der Waals surface area contributed by atoms with Crippen LogP contribution in [-0.2, 0) is 0 Å². The summed E-state index contributed by atoms with van der Waals surface area (Å²) in [6.45, 7) is 2.04. The largest absolute Gasteiger partial charge is 0.338 e. The van der Waals surface area contributed by atoms with Gasteiger partial charge in [-0.1, -0.05) is 124 Å². The van der Waals surface area contributed by atoms with Crippen LogP contribution in [0.1, 0.15) is 81.7 Å². The van der Waals surface area contributed by atoms with Crippen molar-refractivity contribution in [3.63, 3.8) is 0 Å². The lowest BCUT2D eigenvalue weighted by molar-refractivity contribution is 0.103. The molecule has 20 rings (SSSR count). The van der Waals surface area contributed by atoms with Crippen LogP contribution in [0.4, 0.5) is 34.5 Å². The topological polar surface area (TPSA) is 265 Å². The number of carbonyl (C=O) groups is 5. The van der Waals surface area contributed by atoms with Gasteiger partial charge in [-0.15, -0.1) is 56.7 Å². The Morgan fingerprint density at radius 1 is 0.337 bits per heavy atom. The van der Waals surface area contributed by atoms with E-state index in [1.165, 1.54) is 56.7 Å². The van der Waals surface area contributed by atoms with E-state index < -0.39 is 0 Å². The minimum Gasteiger partial charge on any atom is -0.338 e. The number of hydrogen-bond donors (Lipinski definition) is 8. The van der Waals surface area contributed by atoms with Gasteiger partial charge in [-0.05, 0) is 130 Å². The van der Waals surface area contributed by atoms with Crippen molar-refractivity contribution in [3.8, 4) is 78.8 Å². The summed E-state index contributed by atoms with van der Waals surface area (Å²) < 4.78 is 0. The number of nitrogens with one attached hydrogen (secondary N) is 8. The smallest absolute Gasteiger partial charge is 0.209 e. The highest BCUT2D eigenvalue weighted by atomic mass is 35.5. The second kappa shape index (κ2) is 26.7. The lowest BCUT2D eigenvalue weighted by atomic mass is 10.0. The highest BCUT2D eigenvalue weighted by molar-refractivity contribution is 7.14. The number of H-pyrrole nitrogens is 5. The molecule has 30 heteroatoms. The number of thiophene rings is 5. The van der Waals surface area contributed by atoms with Crippen molar-refractivity contribution in [2.24, 2.45) is 0 Å². The van der Waals surface area contributed by atoms with Crippen LogP contribution in [0.5, 0.6) is 0 Å². The molecule has 496 valence electrons. The van der Waals surface area contributed by atoms with E-state index in [9.17, 15) is 24.0 Å². The molecule has 0 spiro atoms. The molecule has 5 aliphatic carbocycles. The Hall–Kier alpha value is -9.57. The first-order valence-corrected chi connectivity index (χ1v) is 37.1. The zero-order chi connectivity index (χ0) is 69.6. The maximum atomic E-state index is 12.5. The SMILES string of the molecule is Cc1ccccc1-c1[nH]nc2c1C(=O)c1sccc1-2.O=C1c2sccc2-c2[nH]nc(-c3cccc(Cl)c3)c21.O=C1c2sccc2-c2[nH]nc(Nc3ccc(Cl)c(Cl)c3)c21.O=C1c2sccc2-c2[nH]nc(Nc3ccc(Cl)cc3Cl)c21.O=C1c2sccc2-c2[nH]nc(Nc3cccc(Cl)c3Cl)c21. The minimum atomic E-state index is -0.0237.